The number of fused-ring (bicyclic) bond motifs is 1. The summed E-state index contributed by atoms with van der Waals surface area (Å²) in [6.45, 7) is 2.31. The van der Waals surface area contributed by atoms with Crippen molar-refractivity contribution in [3.05, 3.63) is 0 Å². The van der Waals surface area contributed by atoms with Gasteiger partial charge in [-0.25, -0.2) is 0 Å². The fourth-order valence-corrected chi connectivity index (χ4v) is 4.02. The van der Waals surface area contributed by atoms with Crippen LogP contribution in [-0.2, 0) is 0 Å². The molecule has 3 atom stereocenters. The van der Waals surface area contributed by atoms with Crippen LogP contribution in [-0.4, -0.2) is 12.1 Å². The Labute approximate surface area is 113 Å². The summed E-state index contributed by atoms with van der Waals surface area (Å²) in [6.07, 6.45) is 13.7. The van der Waals surface area contributed by atoms with Crippen molar-refractivity contribution in [2.75, 3.05) is 0 Å². The minimum atomic E-state index is 0.520. The van der Waals surface area contributed by atoms with Gasteiger partial charge in [-0.2, -0.15) is 0 Å². The highest BCUT2D eigenvalue weighted by Gasteiger charge is 2.32. The van der Waals surface area contributed by atoms with E-state index < -0.39 is 0 Å². The van der Waals surface area contributed by atoms with Gasteiger partial charge in [-0.15, -0.1) is 0 Å². The Balaban J connectivity index is 0.000000138. The Kier molecular flexibility index (Phi) is 5.50. The lowest BCUT2D eigenvalue weighted by Gasteiger charge is -2.29. The molecule has 0 aromatic heterocycles. The largest absolute Gasteiger partial charge is 0.328 e. The van der Waals surface area contributed by atoms with Crippen molar-refractivity contribution in [2.45, 2.75) is 83.2 Å². The molecule has 0 heterocycles. The summed E-state index contributed by atoms with van der Waals surface area (Å²) in [5.41, 5.74) is 11.6. The zero-order valence-electron chi connectivity index (χ0n) is 12.1. The third-order valence-corrected chi connectivity index (χ3v) is 5.39. The zero-order valence-corrected chi connectivity index (χ0v) is 12.1. The predicted molar refractivity (Wildman–Crippen MR) is 78.3 cm³/mol. The van der Waals surface area contributed by atoms with E-state index in [1.807, 2.05) is 0 Å². The molecule has 3 fully saturated rings. The highest BCUT2D eigenvalue weighted by Crippen LogP contribution is 2.41. The summed E-state index contributed by atoms with van der Waals surface area (Å²) < 4.78 is 0. The second-order valence-corrected chi connectivity index (χ2v) is 7.04. The summed E-state index contributed by atoms with van der Waals surface area (Å²) in [7, 11) is 0. The van der Waals surface area contributed by atoms with Crippen LogP contribution in [0.15, 0.2) is 0 Å². The number of hydrogen-bond acceptors (Lipinski definition) is 2. The summed E-state index contributed by atoms with van der Waals surface area (Å²) in [5, 5.41) is 0. The summed E-state index contributed by atoms with van der Waals surface area (Å²) in [6, 6.07) is 1.06. The molecule has 4 N–H and O–H groups in total. The molecule has 0 aromatic rings. The van der Waals surface area contributed by atoms with Gasteiger partial charge in [-0.3, -0.25) is 0 Å². The van der Waals surface area contributed by atoms with Crippen molar-refractivity contribution in [3.63, 3.8) is 0 Å². The Morgan fingerprint density at radius 3 is 1.94 bits per heavy atom. The quantitative estimate of drug-likeness (QED) is 0.694. The maximum atomic E-state index is 5.89. The van der Waals surface area contributed by atoms with E-state index in [1.54, 1.807) is 0 Å². The highest BCUT2D eigenvalue weighted by molar-refractivity contribution is 4.85. The van der Waals surface area contributed by atoms with Gasteiger partial charge in [-0.05, 0) is 62.7 Å². The van der Waals surface area contributed by atoms with Gasteiger partial charge in [0.1, 0.15) is 0 Å². The van der Waals surface area contributed by atoms with Gasteiger partial charge in [0.15, 0.2) is 0 Å². The van der Waals surface area contributed by atoms with Crippen LogP contribution in [0, 0.1) is 17.8 Å². The van der Waals surface area contributed by atoms with Crippen molar-refractivity contribution in [3.8, 4) is 0 Å². The van der Waals surface area contributed by atoms with E-state index >= 15 is 0 Å². The molecule has 0 bridgehead atoms. The minimum absolute atomic E-state index is 0.520. The second kappa shape index (κ2) is 6.91. The first kappa shape index (κ1) is 14.3. The molecule has 3 aliphatic carbocycles. The van der Waals surface area contributed by atoms with Crippen LogP contribution in [0.4, 0.5) is 0 Å². The first-order chi connectivity index (χ1) is 8.65. The average molecular weight is 252 g/mol. The summed E-state index contributed by atoms with van der Waals surface area (Å²) in [4.78, 5) is 0. The minimum Gasteiger partial charge on any atom is -0.328 e. The van der Waals surface area contributed by atoms with E-state index in [4.69, 9.17) is 11.5 Å². The van der Waals surface area contributed by atoms with Gasteiger partial charge < -0.3 is 11.5 Å². The zero-order chi connectivity index (χ0) is 13.0. The molecule has 2 nitrogen and oxygen atoms in total. The molecule has 106 valence electrons. The van der Waals surface area contributed by atoms with E-state index in [-0.39, 0.29) is 0 Å². The Bertz CT molecular complexity index is 223. The molecule has 0 spiro atoms. The van der Waals surface area contributed by atoms with E-state index in [1.165, 1.54) is 64.2 Å². The highest BCUT2D eigenvalue weighted by atomic mass is 14.6. The molecular formula is C16H32N2. The van der Waals surface area contributed by atoms with Crippen molar-refractivity contribution in [1.82, 2.24) is 0 Å². The second-order valence-electron chi connectivity index (χ2n) is 7.04. The van der Waals surface area contributed by atoms with Gasteiger partial charge in [0.25, 0.3) is 0 Å². The maximum Gasteiger partial charge on any atom is 0.00416 e. The lowest BCUT2D eigenvalue weighted by molar-refractivity contribution is 0.251. The van der Waals surface area contributed by atoms with Gasteiger partial charge in [0.05, 0.1) is 0 Å². The van der Waals surface area contributed by atoms with E-state index in [0.29, 0.717) is 12.1 Å². The molecule has 0 aliphatic heterocycles. The fraction of sp³-hybridized carbons (Fsp3) is 1.00. The monoisotopic (exact) mass is 252 g/mol. The lowest BCUT2D eigenvalue weighted by atomic mass is 9.79. The average Bonchev–Trinajstić information content (AvgIpc) is 2.81. The van der Waals surface area contributed by atoms with E-state index in [9.17, 15) is 0 Å². The molecule has 3 aliphatic rings. The summed E-state index contributed by atoms with van der Waals surface area (Å²) >= 11 is 0. The molecule has 0 saturated heterocycles. The van der Waals surface area contributed by atoms with Crippen LogP contribution in [0.2, 0.25) is 0 Å². The predicted octanol–water partition coefficient (Wildman–Crippen LogP) is 3.44. The fourth-order valence-electron chi connectivity index (χ4n) is 4.02. The van der Waals surface area contributed by atoms with Crippen LogP contribution in [0.3, 0.4) is 0 Å². The normalized spacial score (nSPS) is 43.8. The number of rotatable bonds is 0. The van der Waals surface area contributed by atoms with Crippen LogP contribution in [0.1, 0.15) is 71.1 Å². The van der Waals surface area contributed by atoms with Crippen molar-refractivity contribution in [2.24, 2.45) is 29.2 Å². The first-order valence-electron chi connectivity index (χ1n) is 8.16. The van der Waals surface area contributed by atoms with E-state index in [2.05, 4.69) is 6.92 Å². The van der Waals surface area contributed by atoms with Crippen molar-refractivity contribution < 1.29 is 0 Å². The van der Waals surface area contributed by atoms with Crippen LogP contribution < -0.4 is 11.5 Å². The molecule has 18 heavy (non-hydrogen) atoms. The topological polar surface area (TPSA) is 52.0 Å². The van der Waals surface area contributed by atoms with Gasteiger partial charge >= 0.3 is 0 Å². The summed E-state index contributed by atoms with van der Waals surface area (Å²) in [5.74, 6) is 3.03. The van der Waals surface area contributed by atoms with Gasteiger partial charge in [-0.1, -0.05) is 26.2 Å². The lowest BCUT2D eigenvalue weighted by Crippen LogP contribution is -2.30. The third-order valence-electron chi connectivity index (χ3n) is 5.39. The molecule has 3 rings (SSSR count). The standard InChI is InChI=1S/C9H17N.C7H15N/c10-9-5-4-7-2-1-3-8(7)6-9;1-6-2-4-7(8)5-3-6/h7-9H,1-6,10H2;6-7H,2-5,8H2,1H3. The molecule has 2 heteroatoms. The Morgan fingerprint density at radius 1 is 0.667 bits per heavy atom. The van der Waals surface area contributed by atoms with Crippen molar-refractivity contribution in [1.29, 1.82) is 0 Å². The van der Waals surface area contributed by atoms with E-state index in [0.717, 1.165) is 17.8 Å². The third kappa shape index (κ3) is 4.24. The van der Waals surface area contributed by atoms with Gasteiger partial charge in [0, 0.05) is 12.1 Å². The molecule has 0 radical (unpaired) electrons. The molecule has 0 aromatic carbocycles. The van der Waals surface area contributed by atoms with Crippen molar-refractivity contribution >= 4 is 0 Å². The smallest absolute Gasteiger partial charge is 0.00416 e. The number of nitrogens with two attached hydrogens (primary N) is 2. The molecule has 3 unspecified atom stereocenters. The molecule has 3 saturated carbocycles. The Hall–Kier alpha value is -0.0800. The Morgan fingerprint density at radius 2 is 1.28 bits per heavy atom. The SMILES string of the molecule is CC1CCC(N)CC1.NC1CCC2CCCC2C1. The maximum absolute atomic E-state index is 5.89. The molecule has 0 amide bonds. The van der Waals surface area contributed by atoms with Crippen LogP contribution >= 0.6 is 0 Å². The van der Waals surface area contributed by atoms with Crippen LogP contribution in [0.25, 0.3) is 0 Å². The van der Waals surface area contributed by atoms with Crippen LogP contribution in [0.5, 0.6) is 0 Å². The molecular weight excluding hydrogens is 220 g/mol. The van der Waals surface area contributed by atoms with Gasteiger partial charge in [0.2, 0.25) is 0 Å². The first-order valence-corrected chi connectivity index (χ1v) is 8.16. The number of hydrogen-bond donors (Lipinski definition) is 2.